The second kappa shape index (κ2) is 4.94. The fraction of sp³-hybridized carbons (Fsp3) is 0.357. The number of rotatable bonds is 1. The lowest BCUT2D eigenvalue weighted by atomic mass is 10.1. The van der Waals surface area contributed by atoms with Gasteiger partial charge in [-0.15, -0.1) is 0 Å². The molecule has 0 spiro atoms. The summed E-state index contributed by atoms with van der Waals surface area (Å²) in [4.78, 5) is 6.04. The van der Waals surface area contributed by atoms with E-state index in [1.807, 2.05) is 0 Å². The van der Waals surface area contributed by atoms with Crippen LogP contribution in [0.25, 0.3) is 10.9 Å². The number of hydrogen-bond donors (Lipinski definition) is 1. The van der Waals surface area contributed by atoms with E-state index in [-0.39, 0.29) is 5.52 Å². The Hall–Kier alpha value is -1.82. The summed E-state index contributed by atoms with van der Waals surface area (Å²) >= 11 is 0. The first kappa shape index (κ1) is 13.2. The smallest absolute Gasteiger partial charge is 0.368 e. The number of pyridine rings is 1. The Morgan fingerprint density at radius 3 is 2.55 bits per heavy atom. The van der Waals surface area contributed by atoms with Crippen molar-refractivity contribution in [2.75, 3.05) is 31.1 Å². The summed E-state index contributed by atoms with van der Waals surface area (Å²) in [6.07, 6.45) is -2.93. The van der Waals surface area contributed by atoms with Gasteiger partial charge in [-0.05, 0) is 12.1 Å². The van der Waals surface area contributed by atoms with Gasteiger partial charge in [0.1, 0.15) is 0 Å². The molecule has 0 amide bonds. The van der Waals surface area contributed by atoms with Gasteiger partial charge in [-0.2, -0.15) is 13.2 Å². The van der Waals surface area contributed by atoms with Crippen LogP contribution in [-0.4, -0.2) is 31.2 Å². The molecular weight excluding hydrogens is 267 g/mol. The molecule has 6 heteroatoms. The number of halogens is 3. The molecule has 2 heterocycles. The van der Waals surface area contributed by atoms with Crippen molar-refractivity contribution < 1.29 is 13.2 Å². The first-order valence-corrected chi connectivity index (χ1v) is 6.48. The molecular formula is C14H14F3N3. The van der Waals surface area contributed by atoms with E-state index in [0.29, 0.717) is 5.39 Å². The van der Waals surface area contributed by atoms with E-state index in [4.69, 9.17) is 0 Å². The van der Waals surface area contributed by atoms with Gasteiger partial charge in [0.25, 0.3) is 0 Å². The molecule has 1 aliphatic heterocycles. The lowest BCUT2D eigenvalue weighted by Gasteiger charge is -2.30. The van der Waals surface area contributed by atoms with Crippen LogP contribution in [-0.2, 0) is 6.18 Å². The number of nitrogens with one attached hydrogen (secondary N) is 1. The summed E-state index contributed by atoms with van der Waals surface area (Å²) in [6, 6.07) is 6.01. The van der Waals surface area contributed by atoms with Crippen LogP contribution in [0.5, 0.6) is 0 Å². The van der Waals surface area contributed by atoms with Gasteiger partial charge in [0.15, 0.2) is 0 Å². The van der Waals surface area contributed by atoms with Gasteiger partial charge in [0, 0.05) is 43.4 Å². The summed E-state index contributed by atoms with van der Waals surface area (Å²) < 4.78 is 39.1. The van der Waals surface area contributed by atoms with Crippen LogP contribution < -0.4 is 10.2 Å². The highest BCUT2D eigenvalue weighted by Gasteiger charge is 2.33. The molecule has 1 aliphatic rings. The van der Waals surface area contributed by atoms with Crippen molar-refractivity contribution >= 4 is 16.6 Å². The Labute approximate surface area is 114 Å². The fourth-order valence-corrected chi connectivity index (χ4v) is 2.57. The van der Waals surface area contributed by atoms with Crippen LogP contribution >= 0.6 is 0 Å². The molecule has 3 nitrogen and oxygen atoms in total. The third-order valence-corrected chi connectivity index (χ3v) is 3.51. The van der Waals surface area contributed by atoms with Gasteiger partial charge in [-0.1, -0.05) is 12.1 Å². The summed E-state index contributed by atoms with van der Waals surface area (Å²) in [5.74, 6) is 0. The normalized spacial score (nSPS) is 16.6. The Balaban J connectivity index is 2.15. The molecule has 1 aromatic carbocycles. The molecule has 0 saturated carbocycles. The average molecular weight is 281 g/mol. The number of fused-ring (bicyclic) bond motifs is 1. The first-order chi connectivity index (χ1) is 9.57. The van der Waals surface area contributed by atoms with Crippen molar-refractivity contribution in [3.63, 3.8) is 0 Å². The molecule has 106 valence electrons. The molecule has 1 aromatic heterocycles. The SMILES string of the molecule is FC(F)(F)c1cccc2c(N3CCNCC3)ccnc12. The number of benzene rings is 1. The maximum atomic E-state index is 13.0. The van der Waals surface area contributed by atoms with E-state index in [1.54, 1.807) is 12.1 Å². The molecule has 0 bridgehead atoms. The Bertz CT molecular complexity index is 619. The molecule has 0 unspecified atom stereocenters. The highest BCUT2D eigenvalue weighted by Crippen LogP contribution is 2.36. The van der Waals surface area contributed by atoms with E-state index in [1.165, 1.54) is 12.3 Å². The second-order valence-electron chi connectivity index (χ2n) is 4.77. The van der Waals surface area contributed by atoms with E-state index >= 15 is 0 Å². The molecule has 0 aliphatic carbocycles. The quantitative estimate of drug-likeness (QED) is 0.871. The molecule has 2 aromatic rings. The molecule has 0 atom stereocenters. The number of para-hydroxylation sites is 1. The van der Waals surface area contributed by atoms with Gasteiger partial charge >= 0.3 is 6.18 Å². The Kier molecular flexibility index (Phi) is 3.25. The minimum atomic E-state index is -4.38. The van der Waals surface area contributed by atoms with Crippen LogP contribution in [0.3, 0.4) is 0 Å². The molecule has 1 fully saturated rings. The maximum Gasteiger partial charge on any atom is 0.418 e. The number of nitrogens with zero attached hydrogens (tertiary/aromatic N) is 2. The molecule has 0 radical (unpaired) electrons. The zero-order chi connectivity index (χ0) is 14.2. The maximum absolute atomic E-state index is 13.0. The monoisotopic (exact) mass is 281 g/mol. The predicted octanol–water partition coefficient (Wildman–Crippen LogP) is 2.66. The lowest BCUT2D eigenvalue weighted by molar-refractivity contribution is -0.136. The number of hydrogen-bond acceptors (Lipinski definition) is 3. The van der Waals surface area contributed by atoms with Crippen molar-refractivity contribution in [3.05, 3.63) is 36.0 Å². The minimum Gasteiger partial charge on any atom is -0.368 e. The van der Waals surface area contributed by atoms with Gasteiger partial charge < -0.3 is 10.2 Å². The van der Waals surface area contributed by atoms with Gasteiger partial charge in [0.2, 0.25) is 0 Å². The topological polar surface area (TPSA) is 28.2 Å². The highest BCUT2D eigenvalue weighted by molar-refractivity contribution is 5.93. The van der Waals surface area contributed by atoms with Crippen LogP contribution in [0, 0.1) is 0 Å². The van der Waals surface area contributed by atoms with E-state index in [0.717, 1.165) is 37.9 Å². The summed E-state index contributed by atoms with van der Waals surface area (Å²) in [5, 5.41) is 3.79. The van der Waals surface area contributed by atoms with Crippen LogP contribution in [0.4, 0.5) is 18.9 Å². The van der Waals surface area contributed by atoms with Crippen molar-refractivity contribution in [3.8, 4) is 0 Å². The number of alkyl halides is 3. The summed E-state index contributed by atoms with van der Waals surface area (Å²) in [5.41, 5.74) is 0.172. The van der Waals surface area contributed by atoms with Gasteiger partial charge in [-0.3, -0.25) is 4.98 Å². The van der Waals surface area contributed by atoms with Gasteiger partial charge in [0.05, 0.1) is 11.1 Å². The average Bonchev–Trinajstić information content (AvgIpc) is 2.46. The molecule has 20 heavy (non-hydrogen) atoms. The lowest BCUT2D eigenvalue weighted by Crippen LogP contribution is -2.43. The van der Waals surface area contributed by atoms with Crippen molar-refractivity contribution in [2.24, 2.45) is 0 Å². The van der Waals surface area contributed by atoms with Crippen LogP contribution in [0.2, 0.25) is 0 Å². The second-order valence-corrected chi connectivity index (χ2v) is 4.77. The van der Waals surface area contributed by atoms with E-state index in [2.05, 4.69) is 15.2 Å². The third-order valence-electron chi connectivity index (χ3n) is 3.51. The highest BCUT2D eigenvalue weighted by atomic mass is 19.4. The molecule has 1 N–H and O–H groups in total. The van der Waals surface area contributed by atoms with Crippen LogP contribution in [0.1, 0.15) is 5.56 Å². The van der Waals surface area contributed by atoms with Crippen molar-refractivity contribution in [2.45, 2.75) is 6.18 Å². The van der Waals surface area contributed by atoms with Crippen LogP contribution in [0.15, 0.2) is 30.5 Å². The Morgan fingerprint density at radius 1 is 1.10 bits per heavy atom. The third kappa shape index (κ3) is 2.31. The van der Waals surface area contributed by atoms with E-state index < -0.39 is 11.7 Å². The standard InChI is InChI=1S/C14H14F3N3/c15-14(16,17)11-3-1-2-10-12(4-5-19-13(10)11)20-8-6-18-7-9-20/h1-5,18H,6-9H2. The van der Waals surface area contributed by atoms with Gasteiger partial charge in [-0.25, -0.2) is 0 Å². The largest absolute Gasteiger partial charge is 0.418 e. The zero-order valence-electron chi connectivity index (χ0n) is 10.7. The first-order valence-electron chi connectivity index (χ1n) is 6.48. The summed E-state index contributed by atoms with van der Waals surface area (Å²) in [6.45, 7) is 3.25. The minimum absolute atomic E-state index is 0.0241. The van der Waals surface area contributed by atoms with E-state index in [9.17, 15) is 13.2 Å². The number of piperazine rings is 1. The molecule has 1 saturated heterocycles. The van der Waals surface area contributed by atoms with Crippen molar-refractivity contribution in [1.82, 2.24) is 10.3 Å². The van der Waals surface area contributed by atoms with Crippen molar-refractivity contribution in [1.29, 1.82) is 0 Å². The number of anilines is 1. The zero-order valence-corrected chi connectivity index (χ0v) is 10.7. The Morgan fingerprint density at radius 2 is 1.85 bits per heavy atom. The summed E-state index contributed by atoms with van der Waals surface area (Å²) in [7, 11) is 0. The fourth-order valence-electron chi connectivity index (χ4n) is 2.57. The number of aromatic nitrogens is 1. The predicted molar refractivity (Wildman–Crippen MR) is 71.8 cm³/mol. The molecule has 3 rings (SSSR count).